The van der Waals surface area contributed by atoms with Crippen LogP contribution in [0.5, 0.6) is 0 Å². The van der Waals surface area contributed by atoms with E-state index in [-0.39, 0.29) is 0 Å². The summed E-state index contributed by atoms with van der Waals surface area (Å²) in [5, 5.41) is 10.0. The van der Waals surface area contributed by atoms with Gasteiger partial charge in [-0.2, -0.15) is 0 Å². The van der Waals surface area contributed by atoms with Gasteiger partial charge in [-0.15, -0.1) is 0 Å². The molecule has 1 heterocycles. The fourth-order valence-electron chi connectivity index (χ4n) is 2.09. The summed E-state index contributed by atoms with van der Waals surface area (Å²) >= 11 is 3.42. The highest BCUT2D eigenvalue weighted by Gasteiger charge is 2.28. The first-order valence-electron chi connectivity index (χ1n) is 5.30. The zero-order valence-electron chi connectivity index (χ0n) is 8.91. The molecule has 1 aromatic carbocycles. The van der Waals surface area contributed by atoms with Crippen LogP contribution in [0, 0.1) is 0 Å². The fourth-order valence-corrected chi connectivity index (χ4v) is 2.36. The highest BCUT2D eigenvalue weighted by Crippen LogP contribution is 2.26. The van der Waals surface area contributed by atoms with Gasteiger partial charge in [-0.25, -0.2) is 0 Å². The van der Waals surface area contributed by atoms with Crippen LogP contribution in [0.4, 0.5) is 5.69 Å². The molecule has 0 aliphatic carbocycles. The lowest BCUT2D eigenvalue weighted by molar-refractivity contribution is 0.0449. The van der Waals surface area contributed by atoms with E-state index in [1.807, 2.05) is 19.1 Å². The topological polar surface area (TPSA) is 23.5 Å². The summed E-state index contributed by atoms with van der Waals surface area (Å²) < 4.78 is 1.09. The summed E-state index contributed by atoms with van der Waals surface area (Å²) in [7, 11) is 0. The summed E-state index contributed by atoms with van der Waals surface area (Å²) in [6.45, 7) is 3.68. The summed E-state index contributed by atoms with van der Waals surface area (Å²) in [4.78, 5) is 2.25. The molecule has 1 aliphatic rings. The third-order valence-electron chi connectivity index (χ3n) is 2.87. The Balaban J connectivity index is 2.13. The third-order valence-corrected chi connectivity index (χ3v) is 3.40. The molecule has 0 amide bonds. The molecule has 0 radical (unpaired) electrons. The minimum atomic E-state index is -0.536. The molecule has 3 heteroatoms. The molecule has 1 N–H and O–H groups in total. The predicted molar refractivity (Wildman–Crippen MR) is 66.2 cm³/mol. The van der Waals surface area contributed by atoms with Crippen molar-refractivity contribution < 1.29 is 5.11 Å². The van der Waals surface area contributed by atoms with E-state index < -0.39 is 5.60 Å². The van der Waals surface area contributed by atoms with Crippen molar-refractivity contribution in [3.63, 3.8) is 0 Å². The number of halogens is 1. The standard InChI is InChI=1S/C12H16BrNO/c1-12(15)7-2-8-14(9-12)11-5-3-10(13)4-6-11/h3-6,15H,2,7-9H2,1H3. The second-order valence-electron chi connectivity index (χ2n) is 4.50. The second kappa shape index (κ2) is 4.14. The van der Waals surface area contributed by atoms with Crippen LogP contribution in [0.3, 0.4) is 0 Å². The molecule has 0 saturated carbocycles. The molecule has 0 aromatic heterocycles. The maximum Gasteiger partial charge on any atom is 0.0794 e. The van der Waals surface area contributed by atoms with Gasteiger partial charge in [0.15, 0.2) is 0 Å². The van der Waals surface area contributed by atoms with E-state index in [0.717, 1.165) is 30.4 Å². The molecule has 82 valence electrons. The summed E-state index contributed by atoms with van der Waals surface area (Å²) in [6.07, 6.45) is 1.96. The van der Waals surface area contributed by atoms with Crippen LogP contribution in [-0.4, -0.2) is 23.8 Å². The first kappa shape index (κ1) is 11.0. The lowest BCUT2D eigenvalue weighted by Gasteiger charge is -2.38. The zero-order chi connectivity index (χ0) is 10.9. The van der Waals surface area contributed by atoms with Crippen LogP contribution >= 0.6 is 15.9 Å². The van der Waals surface area contributed by atoms with Crippen molar-refractivity contribution in [3.8, 4) is 0 Å². The smallest absolute Gasteiger partial charge is 0.0794 e. The van der Waals surface area contributed by atoms with Gasteiger partial charge in [0.05, 0.1) is 5.60 Å². The third kappa shape index (κ3) is 2.73. The molecule has 0 bridgehead atoms. The van der Waals surface area contributed by atoms with Gasteiger partial charge in [-0.1, -0.05) is 15.9 Å². The molecule has 15 heavy (non-hydrogen) atoms. The van der Waals surface area contributed by atoms with Gasteiger partial charge in [0.2, 0.25) is 0 Å². The SMILES string of the molecule is CC1(O)CCCN(c2ccc(Br)cc2)C1. The molecule has 1 unspecified atom stereocenters. The molecule has 1 atom stereocenters. The number of β-amino-alcohol motifs (C(OH)–C–C–N with tert-alkyl or cyclic N) is 1. The highest BCUT2D eigenvalue weighted by molar-refractivity contribution is 9.10. The van der Waals surface area contributed by atoms with Gasteiger partial charge < -0.3 is 10.0 Å². The summed E-state index contributed by atoms with van der Waals surface area (Å²) in [5.41, 5.74) is 0.656. The van der Waals surface area contributed by atoms with E-state index in [1.54, 1.807) is 0 Å². The van der Waals surface area contributed by atoms with Crippen molar-refractivity contribution >= 4 is 21.6 Å². The normalized spacial score (nSPS) is 26.7. The Bertz CT molecular complexity index is 334. The van der Waals surface area contributed by atoms with Gasteiger partial charge in [-0.3, -0.25) is 0 Å². The molecule has 1 saturated heterocycles. The van der Waals surface area contributed by atoms with Crippen molar-refractivity contribution in [1.82, 2.24) is 0 Å². The van der Waals surface area contributed by atoms with Crippen molar-refractivity contribution in [2.24, 2.45) is 0 Å². The largest absolute Gasteiger partial charge is 0.388 e. The predicted octanol–water partition coefficient (Wildman–Crippen LogP) is 2.80. The molecule has 1 aromatic rings. The van der Waals surface area contributed by atoms with Crippen LogP contribution in [0.1, 0.15) is 19.8 Å². The number of hydrogen-bond acceptors (Lipinski definition) is 2. The number of hydrogen-bond donors (Lipinski definition) is 1. The second-order valence-corrected chi connectivity index (χ2v) is 5.41. The van der Waals surface area contributed by atoms with E-state index >= 15 is 0 Å². The number of benzene rings is 1. The Labute approximate surface area is 99.0 Å². The summed E-state index contributed by atoms with van der Waals surface area (Å²) in [5.74, 6) is 0. The minimum Gasteiger partial charge on any atom is -0.388 e. The first-order chi connectivity index (χ1) is 7.07. The average Bonchev–Trinajstić information content (AvgIpc) is 2.17. The molecule has 0 spiro atoms. The Morgan fingerprint density at radius 3 is 2.60 bits per heavy atom. The molecule has 2 nitrogen and oxygen atoms in total. The van der Waals surface area contributed by atoms with Gasteiger partial charge in [-0.05, 0) is 44.0 Å². The quantitative estimate of drug-likeness (QED) is 0.848. The number of nitrogens with zero attached hydrogens (tertiary/aromatic N) is 1. The molecule has 2 rings (SSSR count). The Hall–Kier alpha value is -0.540. The van der Waals surface area contributed by atoms with Gasteiger partial charge in [0, 0.05) is 23.2 Å². The van der Waals surface area contributed by atoms with Gasteiger partial charge in [0.25, 0.3) is 0 Å². The molecular weight excluding hydrogens is 254 g/mol. The van der Waals surface area contributed by atoms with E-state index in [1.165, 1.54) is 5.69 Å². The highest BCUT2D eigenvalue weighted by atomic mass is 79.9. The monoisotopic (exact) mass is 269 g/mol. The number of rotatable bonds is 1. The van der Waals surface area contributed by atoms with Crippen LogP contribution in [-0.2, 0) is 0 Å². The average molecular weight is 270 g/mol. The van der Waals surface area contributed by atoms with Crippen molar-refractivity contribution in [3.05, 3.63) is 28.7 Å². The van der Waals surface area contributed by atoms with E-state index in [0.29, 0.717) is 0 Å². The number of anilines is 1. The lowest BCUT2D eigenvalue weighted by atomic mass is 9.95. The maximum atomic E-state index is 10.0. The zero-order valence-corrected chi connectivity index (χ0v) is 10.5. The van der Waals surface area contributed by atoms with E-state index in [9.17, 15) is 5.11 Å². The van der Waals surface area contributed by atoms with Crippen LogP contribution in [0.15, 0.2) is 28.7 Å². The Morgan fingerprint density at radius 2 is 2.00 bits per heavy atom. The van der Waals surface area contributed by atoms with E-state index in [4.69, 9.17) is 0 Å². The fraction of sp³-hybridized carbons (Fsp3) is 0.500. The van der Waals surface area contributed by atoms with E-state index in [2.05, 4.69) is 33.0 Å². The van der Waals surface area contributed by atoms with Gasteiger partial charge >= 0.3 is 0 Å². The van der Waals surface area contributed by atoms with Crippen LogP contribution in [0.2, 0.25) is 0 Å². The lowest BCUT2D eigenvalue weighted by Crippen LogP contribution is -2.46. The molecule has 1 fully saturated rings. The van der Waals surface area contributed by atoms with Crippen LogP contribution in [0.25, 0.3) is 0 Å². The maximum absolute atomic E-state index is 10.0. The van der Waals surface area contributed by atoms with Crippen molar-refractivity contribution in [2.75, 3.05) is 18.0 Å². The van der Waals surface area contributed by atoms with Gasteiger partial charge in [0.1, 0.15) is 0 Å². The molecule has 1 aliphatic heterocycles. The Morgan fingerprint density at radius 1 is 1.33 bits per heavy atom. The summed E-state index contributed by atoms with van der Waals surface area (Å²) in [6, 6.07) is 8.26. The minimum absolute atomic E-state index is 0.536. The van der Waals surface area contributed by atoms with Crippen molar-refractivity contribution in [2.45, 2.75) is 25.4 Å². The number of aliphatic hydroxyl groups is 1. The van der Waals surface area contributed by atoms with Crippen LogP contribution < -0.4 is 4.90 Å². The van der Waals surface area contributed by atoms with Crippen molar-refractivity contribution in [1.29, 1.82) is 0 Å². The first-order valence-corrected chi connectivity index (χ1v) is 6.09. The number of piperidine rings is 1. The molecular formula is C12H16BrNO. The Kier molecular flexibility index (Phi) is 3.03.